The molecule has 0 radical (unpaired) electrons. The SMILES string of the molecule is Cc1cc(C)c(C(=O)NCc2ccc(F)cc2)s1. The summed E-state index contributed by atoms with van der Waals surface area (Å²) < 4.78 is 12.7. The summed E-state index contributed by atoms with van der Waals surface area (Å²) in [5.74, 6) is -0.343. The van der Waals surface area contributed by atoms with Crippen LogP contribution in [0.1, 0.15) is 25.7 Å². The number of carbonyl (C=O) groups is 1. The van der Waals surface area contributed by atoms with Gasteiger partial charge in [0.15, 0.2) is 0 Å². The van der Waals surface area contributed by atoms with Crippen LogP contribution in [-0.4, -0.2) is 5.91 Å². The van der Waals surface area contributed by atoms with Crippen LogP contribution in [0.4, 0.5) is 4.39 Å². The van der Waals surface area contributed by atoms with Gasteiger partial charge in [-0.1, -0.05) is 12.1 Å². The summed E-state index contributed by atoms with van der Waals surface area (Å²) in [5, 5.41) is 2.84. The van der Waals surface area contributed by atoms with Crippen LogP contribution in [0.25, 0.3) is 0 Å². The second-order valence-corrected chi connectivity index (χ2v) is 5.43. The molecule has 4 heteroatoms. The minimum absolute atomic E-state index is 0.0741. The highest BCUT2D eigenvalue weighted by atomic mass is 32.1. The monoisotopic (exact) mass is 263 g/mol. The molecule has 94 valence electrons. The van der Waals surface area contributed by atoms with Gasteiger partial charge in [-0.15, -0.1) is 11.3 Å². The Hall–Kier alpha value is -1.68. The first kappa shape index (κ1) is 12.8. The highest BCUT2D eigenvalue weighted by molar-refractivity contribution is 7.14. The molecule has 1 N–H and O–H groups in total. The first-order valence-corrected chi connectivity index (χ1v) is 6.47. The summed E-state index contributed by atoms with van der Waals surface area (Å²) >= 11 is 1.49. The summed E-state index contributed by atoms with van der Waals surface area (Å²) in [6.07, 6.45) is 0. The van der Waals surface area contributed by atoms with Crippen molar-refractivity contribution >= 4 is 17.2 Å². The van der Waals surface area contributed by atoms with E-state index in [0.717, 1.165) is 20.9 Å². The van der Waals surface area contributed by atoms with E-state index in [4.69, 9.17) is 0 Å². The minimum Gasteiger partial charge on any atom is -0.347 e. The van der Waals surface area contributed by atoms with Gasteiger partial charge in [-0.3, -0.25) is 4.79 Å². The molecule has 0 spiro atoms. The lowest BCUT2D eigenvalue weighted by atomic mass is 10.2. The maximum atomic E-state index is 12.7. The Morgan fingerprint density at radius 2 is 1.94 bits per heavy atom. The van der Waals surface area contributed by atoms with E-state index in [1.165, 1.54) is 23.5 Å². The van der Waals surface area contributed by atoms with Crippen LogP contribution in [0.15, 0.2) is 30.3 Å². The van der Waals surface area contributed by atoms with E-state index in [-0.39, 0.29) is 11.7 Å². The van der Waals surface area contributed by atoms with Crippen molar-refractivity contribution in [1.29, 1.82) is 0 Å². The van der Waals surface area contributed by atoms with Gasteiger partial charge in [0.1, 0.15) is 5.82 Å². The van der Waals surface area contributed by atoms with Crippen molar-refractivity contribution in [1.82, 2.24) is 5.32 Å². The van der Waals surface area contributed by atoms with Crippen LogP contribution in [-0.2, 0) is 6.54 Å². The van der Waals surface area contributed by atoms with Crippen molar-refractivity contribution in [3.63, 3.8) is 0 Å². The molecule has 1 aromatic carbocycles. The van der Waals surface area contributed by atoms with Crippen molar-refractivity contribution in [2.24, 2.45) is 0 Å². The standard InChI is InChI=1S/C14H14FNOS/c1-9-7-10(2)18-13(9)14(17)16-8-11-3-5-12(15)6-4-11/h3-7H,8H2,1-2H3,(H,16,17). The Kier molecular flexibility index (Phi) is 3.77. The molecule has 0 bridgehead atoms. The second-order valence-electron chi connectivity index (χ2n) is 4.18. The van der Waals surface area contributed by atoms with Gasteiger partial charge in [0.2, 0.25) is 0 Å². The lowest BCUT2D eigenvalue weighted by molar-refractivity contribution is 0.0954. The average Bonchev–Trinajstić information content (AvgIpc) is 2.67. The van der Waals surface area contributed by atoms with Crippen LogP contribution in [0, 0.1) is 19.7 Å². The molecular weight excluding hydrogens is 249 g/mol. The quantitative estimate of drug-likeness (QED) is 0.903. The van der Waals surface area contributed by atoms with Crippen molar-refractivity contribution in [2.75, 3.05) is 0 Å². The zero-order valence-corrected chi connectivity index (χ0v) is 11.1. The van der Waals surface area contributed by atoms with Gasteiger partial charge in [0.05, 0.1) is 4.88 Å². The van der Waals surface area contributed by atoms with E-state index < -0.39 is 0 Å². The largest absolute Gasteiger partial charge is 0.347 e. The van der Waals surface area contributed by atoms with Crippen LogP contribution in [0.3, 0.4) is 0 Å². The highest BCUT2D eigenvalue weighted by Gasteiger charge is 2.11. The Labute approximate surface area is 109 Å². The fourth-order valence-corrected chi connectivity index (χ4v) is 2.67. The van der Waals surface area contributed by atoms with Crippen molar-refractivity contribution in [3.05, 3.63) is 57.0 Å². The van der Waals surface area contributed by atoms with Gasteiger partial charge in [-0.25, -0.2) is 4.39 Å². The Morgan fingerprint density at radius 1 is 1.28 bits per heavy atom. The van der Waals surface area contributed by atoms with Crippen molar-refractivity contribution in [3.8, 4) is 0 Å². The number of hydrogen-bond donors (Lipinski definition) is 1. The average molecular weight is 263 g/mol. The molecular formula is C14H14FNOS. The minimum atomic E-state index is -0.269. The molecule has 0 aliphatic rings. The third kappa shape index (κ3) is 2.96. The van der Waals surface area contributed by atoms with Gasteiger partial charge < -0.3 is 5.32 Å². The fourth-order valence-electron chi connectivity index (χ4n) is 1.73. The van der Waals surface area contributed by atoms with E-state index in [0.29, 0.717) is 6.54 Å². The topological polar surface area (TPSA) is 29.1 Å². The van der Waals surface area contributed by atoms with Crippen molar-refractivity contribution < 1.29 is 9.18 Å². The molecule has 0 unspecified atom stereocenters. The predicted molar refractivity (Wildman–Crippen MR) is 71.4 cm³/mol. The lowest BCUT2D eigenvalue weighted by Gasteiger charge is -2.04. The molecule has 2 nitrogen and oxygen atoms in total. The smallest absolute Gasteiger partial charge is 0.261 e. The number of aryl methyl sites for hydroxylation is 2. The Morgan fingerprint density at radius 3 is 2.50 bits per heavy atom. The number of rotatable bonds is 3. The molecule has 0 saturated carbocycles. The number of nitrogens with one attached hydrogen (secondary N) is 1. The van der Waals surface area contributed by atoms with E-state index >= 15 is 0 Å². The molecule has 0 atom stereocenters. The van der Waals surface area contributed by atoms with E-state index in [1.54, 1.807) is 12.1 Å². The summed E-state index contributed by atoms with van der Waals surface area (Å²) in [6.45, 7) is 4.32. The Bertz CT molecular complexity index is 560. The second kappa shape index (κ2) is 5.31. The third-order valence-electron chi connectivity index (χ3n) is 2.61. The number of benzene rings is 1. The lowest BCUT2D eigenvalue weighted by Crippen LogP contribution is -2.22. The van der Waals surface area contributed by atoms with E-state index in [9.17, 15) is 9.18 Å². The van der Waals surface area contributed by atoms with E-state index in [2.05, 4.69) is 5.32 Å². The molecule has 0 aliphatic heterocycles. The summed E-state index contributed by atoms with van der Waals surface area (Å²) in [4.78, 5) is 13.8. The van der Waals surface area contributed by atoms with Crippen LogP contribution >= 0.6 is 11.3 Å². The molecule has 2 rings (SSSR count). The number of amides is 1. The van der Waals surface area contributed by atoms with Crippen LogP contribution in [0.5, 0.6) is 0 Å². The Balaban J connectivity index is 2.00. The maximum absolute atomic E-state index is 12.7. The predicted octanol–water partition coefficient (Wildman–Crippen LogP) is 3.43. The first-order chi connectivity index (χ1) is 8.56. The summed E-state index contributed by atoms with van der Waals surface area (Å²) in [5.41, 5.74) is 1.88. The van der Waals surface area contributed by atoms with Gasteiger partial charge >= 0.3 is 0 Å². The normalized spacial score (nSPS) is 10.4. The molecule has 2 aromatic rings. The zero-order chi connectivity index (χ0) is 13.1. The van der Waals surface area contributed by atoms with Crippen LogP contribution in [0.2, 0.25) is 0 Å². The molecule has 1 amide bonds. The number of thiophene rings is 1. The molecule has 0 aliphatic carbocycles. The van der Waals surface area contributed by atoms with Gasteiger partial charge in [0, 0.05) is 11.4 Å². The maximum Gasteiger partial charge on any atom is 0.261 e. The van der Waals surface area contributed by atoms with Crippen molar-refractivity contribution in [2.45, 2.75) is 20.4 Å². The van der Waals surface area contributed by atoms with Gasteiger partial charge in [-0.2, -0.15) is 0 Å². The summed E-state index contributed by atoms with van der Waals surface area (Å²) in [7, 11) is 0. The number of hydrogen-bond acceptors (Lipinski definition) is 2. The summed E-state index contributed by atoms with van der Waals surface area (Å²) in [6, 6.07) is 8.12. The molecule has 1 aromatic heterocycles. The molecule has 18 heavy (non-hydrogen) atoms. The first-order valence-electron chi connectivity index (χ1n) is 5.66. The van der Waals surface area contributed by atoms with Gasteiger partial charge in [-0.05, 0) is 43.2 Å². The highest BCUT2D eigenvalue weighted by Crippen LogP contribution is 2.20. The number of carbonyl (C=O) groups excluding carboxylic acids is 1. The van der Waals surface area contributed by atoms with Gasteiger partial charge in [0.25, 0.3) is 5.91 Å². The fraction of sp³-hybridized carbons (Fsp3) is 0.214. The number of halogens is 1. The molecule has 0 fully saturated rings. The van der Waals surface area contributed by atoms with Crippen LogP contribution < -0.4 is 5.32 Å². The zero-order valence-electron chi connectivity index (χ0n) is 10.3. The molecule has 0 saturated heterocycles. The van der Waals surface area contributed by atoms with E-state index in [1.807, 2.05) is 19.9 Å². The third-order valence-corrected chi connectivity index (χ3v) is 3.76. The molecule has 1 heterocycles.